The van der Waals surface area contributed by atoms with Gasteiger partial charge in [-0.2, -0.15) is 4.31 Å². The SMILES string of the molecule is O=C(NCCC(=O)N1CCCC1)c1cccc(S(=O)(=O)N2CCCCCC2)c1. The van der Waals surface area contributed by atoms with E-state index in [4.69, 9.17) is 0 Å². The van der Waals surface area contributed by atoms with E-state index >= 15 is 0 Å². The van der Waals surface area contributed by atoms with Crippen LogP contribution in [0.25, 0.3) is 0 Å². The smallest absolute Gasteiger partial charge is 0.251 e. The van der Waals surface area contributed by atoms with Gasteiger partial charge in [-0.3, -0.25) is 9.59 Å². The van der Waals surface area contributed by atoms with E-state index in [0.717, 1.165) is 51.6 Å². The molecule has 0 unspecified atom stereocenters. The van der Waals surface area contributed by atoms with Crippen molar-refractivity contribution in [1.82, 2.24) is 14.5 Å². The van der Waals surface area contributed by atoms with Gasteiger partial charge in [0.25, 0.3) is 5.91 Å². The summed E-state index contributed by atoms with van der Waals surface area (Å²) in [6.07, 6.45) is 6.16. The molecule has 2 aliphatic heterocycles. The highest BCUT2D eigenvalue weighted by Crippen LogP contribution is 2.21. The maximum atomic E-state index is 12.9. The summed E-state index contributed by atoms with van der Waals surface area (Å²) in [4.78, 5) is 26.4. The zero-order valence-corrected chi connectivity index (χ0v) is 17.0. The summed E-state index contributed by atoms with van der Waals surface area (Å²) in [5.41, 5.74) is 0.296. The molecule has 2 fully saturated rings. The van der Waals surface area contributed by atoms with Crippen LogP contribution in [0.3, 0.4) is 0 Å². The zero-order chi connectivity index (χ0) is 20.0. The average molecular weight is 408 g/mol. The van der Waals surface area contributed by atoms with Crippen molar-refractivity contribution in [2.24, 2.45) is 0 Å². The van der Waals surface area contributed by atoms with E-state index in [2.05, 4.69) is 5.32 Å². The predicted molar refractivity (Wildman–Crippen MR) is 106 cm³/mol. The van der Waals surface area contributed by atoms with Crippen LogP contribution in [-0.4, -0.2) is 62.2 Å². The van der Waals surface area contributed by atoms with Crippen molar-refractivity contribution in [1.29, 1.82) is 0 Å². The highest BCUT2D eigenvalue weighted by molar-refractivity contribution is 7.89. The molecule has 1 aromatic carbocycles. The van der Waals surface area contributed by atoms with E-state index in [1.807, 2.05) is 4.90 Å². The molecular weight excluding hydrogens is 378 g/mol. The lowest BCUT2D eigenvalue weighted by atomic mass is 10.2. The molecule has 2 heterocycles. The molecule has 2 saturated heterocycles. The Balaban J connectivity index is 1.60. The highest BCUT2D eigenvalue weighted by atomic mass is 32.2. The number of amides is 2. The van der Waals surface area contributed by atoms with Gasteiger partial charge in [0, 0.05) is 44.7 Å². The minimum absolute atomic E-state index is 0.0512. The highest BCUT2D eigenvalue weighted by Gasteiger charge is 2.26. The number of hydrogen-bond acceptors (Lipinski definition) is 4. The van der Waals surface area contributed by atoms with Crippen LogP contribution in [0.4, 0.5) is 0 Å². The Bertz CT molecular complexity index is 795. The first kappa shape index (κ1) is 20.8. The van der Waals surface area contributed by atoms with E-state index in [1.54, 1.807) is 12.1 Å². The van der Waals surface area contributed by atoms with E-state index in [-0.39, 0.29) is 29.7 Å². The number of sulfonamides is 1. The standard InChI is InChI=1S/C20H29N3O4S/c24-19(22-12-5-6-13-22)10-11-21-20(25)17-8-7-9-18(16-17)28(26,27)23-14-3-1-2-4-15-23/h7-9,16H,1-6,10-15H2,(H,21,25). The second-order valence-corrected chi connectivity index (χ2v) is 9.38. The quantitative estimate of drug-likeness (QED) is 0.781. The van der Waals surface area contributed by atoms with Crippen LogP contribution in [0.1, 0.15) is 55.3 Å². The third kappa shape index (κ3) is 5.11. The number of nitrogens with one attached hydrogen (secondary N) is 1. The van der Waals surface area contributed by atoms with Gasteiger partial charge in [-0.1, -0.05) is 18.9 Å². The van der Waals surface area contributed by atoms with Crippen molar-refractivity contribution in [2.45, 2.75) is 49.8 Å². The first-order chi connectivity index (χ1) is 13.5. The summed E-state index contributed by atoms with van der Waals surface area (Å²) in [5.74, 6) is -0.308. The van der Waals surface area contributed by atoms with E-state index in [0.29, 0.717) is 18.7 Å². The molecule has 2 aliphatic rings. The maximum Gasteiger partial charge on any atom is 0.251 e. The molecule has 3 rings (SSSR count). The van der Waals surface area contributed by atoms with Gasteiger partial charge in [0.15, 0.2) is 0 Å². The lowest BCUT2D eigenvalue weighted by molar-refractivity contribution is -0.129. The molecule has 0 saturated carbocycles. The second kappa shape index (κ2) is 9.52. The number of likely N-dealkylation sites (tertiary alicyclic amines) is 1. The van der Waals surface area contributed by atoms with Crippen LogP contribution in [0.5, 0.6) is 0 Å². The lowest BCUT2D eigenvalue weighted by Gasteiger charge is -2.20. The normalized spacial score (nSPS) is 18.6. The van der Waals surface area contributed by atoms with Crippen LogP contribution in [0, 0.1) is 0 Å². The third-order valence-corrected chi connectivity index (χ3v) is 7.28. The van der Waals surface area contributed by atoms with E-state index < -0.39 is 10.0 Å². The zero-order valence-electron chi connectivity index (χ0n) is 16.2. The molecule has 0 aromatic heterocycles. The summed E-state index contributed by atoms with van der Waals surface area (Å²) in [5, 5.41) is 2.73. The third-order valence-electron chi connectivity index (χ3n) is 5.38. The van der Waals surface area contributed by atoms with Gasteiger partial charge in [-0.25, -0.2) is 8.42 Å². The molecule has 1 N–H and O–H groups in total. The van der Waals surface area contributed by atoms with Crippen LogP contribution in [0.2, 0.25) is 0 Å². The molecule has 0 radical (unpaired) electrons. The van der Waals surface area contributed by atoms with Crippen LogP contribution >= 0.6 is 0 Å². The van der Waals surface area contributed by atoms with E-state index in [1.165, 1.54) is 16.4 Å². The Kier molecular flexibility index (Phi) is 7.07. The van der Waals surface area contributed by atoms with Crippen molar-refractivity contribution >= 4 is 21.8 Å². The van der Waals surface area contributed by atoms with Crippen LogP contribution in [0.15, 0.2) is 29.2 Å². The Morgan fingerprint density at radius 2 is 1.57 bits per heavy atom. The monoisotopic (exact) mass is 407 g/mol. The number of hydrogen-bond donors (Lipinski definition) is 1. The summed E-state index contributed by atoms with van der Waals surface area (Å²) >= 11 is 0. The summed E-state index contributed by atoms with van der Waals surface area (Å²) in [6, 6.07) is 6.15. The summed E-state index contributed by atoms with van der Waals surface area (Å²) < 4.78 is 27.3. The fourth-order valence-electron chi connectivity index (χ4n) is 3.74. The fourth-order valence-corrected chi connectivity index (χ4v) is 5.30. The van der Waals surface area contributed by atoms with Crippen LogP contribution < -0.4 is 5.32 Å². The van der Waals surface area contributed by atoms with Gasteiger partial charge in [0.1, 0.15) is 0 Å². The Morgan fingerprint density at radius 1 is 0.929 bits per heavy atom. The average Bonchev–Trinajstić information content (AvgIpc) is 3.10. The first-order valence-corrected chi connectivity index (χ1v) is 11.6. The van der Waals surface area contributed by atoms with Crippen LogP contribution in [-0.2, 0) is 14.8 Å². The maximum absolute atomic E-state index is 12.9. The van der Waals surface area contributed by atoms with E-state index in [9.17, 15) is 18.0 Å². The Morgan fingerprint density at radius 3 is 2.25 bits per heavy atom. The fraction of sp³-hybridized carbons (Fsp3) is 0.600. The van der Waals surface area contributed by atoms with Crippen molar-refractivity contribution in [3.05, 3.63) is 29.8 Å². The minimum Gasteiger partial charge on any atom is -0.352 e. The summed E-state index contributed by atoms with van der Waals surface area (Å²) in [6.45, 7) is 2.89. The van der Waals surface area contributed by atoms with Gasteiger partial charge in [0.05, 0.1) is 4.90 Å². The number of carbonyl (C=O) groups excluding carboxylic acids is 2. The molecule has 28 heavy (non-hydrogen) atoms. The van der Waals surface area contributed by atoms with Gasteiger partial charge < -0.3 is 10.2 Å². The molecule has 0 bridgehead atoms. The number of benzene rings is 1. The predicted octanol–water partition coefficient (Wildman–Crippen LogP) is 1.99. The van der Waals surface area contributed by atoms with Crippen molar-refractivity contribution in [3.8, 4) is 0 Å². The Labute approximate surface area is 167 Å². The second-order valence-electron chi connectivity index (χ2n) is 7.44. The minimum atomic E-state index is -3.59. The molecule has 7 nitrogen and oxygen atoms in total. The molecular formula is C20H29N3O4S. The topological polar surface area (TPSA) is 86.8 Å². The van der Waals surface area contributed by atoms with Gasteiger partial charge in [0.2, 0.25) is 15.9 Å². The number of rotatable bonds is 6. The Hall–Kier alpha value is -1.93. The molecule has 0 aliphatic carbocycles. The molecule has 0 atom stereocenters. The number of carbonyl (C=O) groups is 2. The lowest BCUT2D eigenvalue weighted by Crippen LogP contribution is -2.33. The van der Waals surface area contributed by atoms with Crippen molar-refractivity contribution in [3.63, 3.8) is 0 Å². The largest absolute Gasteiger partial charge is 0.352 e. The van der Waals surface area contributed by atoms with Crippen molar-refractivity contribution < 1.29 is 18.0 Å². The van der Waals surface area contributed by atoms with Crippen molar-refractivity contribution in [2.75, 3.05) is 32.7 Å². The molecule has 154 valence electrons. The molecule has 2 amide bonds. The van der Waals surface area contributed by atoms with Gasteiger partial charge in [-0.15, -0.1) is 0 Å². The molecule has 1 aromatic rings. The number of nitrogens with zero attached hydrogens (tertiary/aromatic N) is 2. The van der Waals surface area contributed by atoms with Gasteiger partial charge in [-0.05, 0) is 43.9 Å². The van der Waals surface area contributed by atoms with Gasteiger partial charge >= 0.3 is 0 Å². The molecule has 0 spiro atoms. The first-order valence-electron chi connectivity index (χ1n) is 10.1. The molecule has 8 heteroatoms. The summed E-state index contributed by atoms with van der Waals surface area (Å²) in [7, 11) is -3.59.